The first-order chi connectivity index (χ1) is 11.7. The molecule has 0 saturated carbocycles. The van der Waals surface area contributed by atoms with Gasteiger partial charge in [0.25, 0.3) is 0 Å². The van der Waals surface area contributed by atoms with E-state index in [9.17, 15) is 26.3 Å². The van der Waals surface area contributed by atoms with Crippen LogP contribution in [0.5, 0.6) is 0 Å². The quantitative estimate of drug-likeness (QED) is 0.522. The molecule has 3 nitrogen and oxygen atoms in total. The van der Waals surface area contributed by atoms with Crippen molar-refractivity contribution in [2.75, 3.05) is 26.2 Å². The number of likely N-dealkylation sites (tertiary alicyclic amines) is 2. The average molecular weight is 374 g/mol. The maximum Gasteiger partial charge on any atom is 0.317 e. The summed E-state index contributed by atoms with van der Waals surface area (Å²) in [6, 6.07) is 0. The fourth-order valence-electron chi connectivity index (χ4n) is 3.93. The summed E-state index contributed by atoms with van der Waals surface area (Å²) in [5.41, 5.74) is 0. The summed E-state index contributed by atoms with van der Waals surface area (Å²) in [4.78, 5) is 2.02. The Morgan fingerprint density at radius 1 is 0.680 bits per heavy atom. The van der Waals surface area contributed by atoms with Crippen molar-refractivity contribution in [1.82, 2.24) is 9.80 Å². The average Bonchev–Trinajstić information content (AvgIpc) is 3.35. The highest BCUT2D eigenvalue weighted by Gasteiger charge is 2.60. The van der Waals surface area contributed by atoms with Gasteiger partial charge in [-0.3, -0.25) is 9.80 Å². The Bertz CT molecular complexity index is 414. The second kappa shape index (κ2) is 7.23. The maximum atomic E-state index is 14.3. The third-order valence-electron chi connectivity index (χ3n) is 5.44. The van der Waals surface area contributed by atoms with Gasteiger partial charge in [0, 0.05) is 26.2 Å². The molecule has 0 radical (unpaired) electrons. The lowest BCUT2D eigenvalue weighted by molar-refractivity contribution is -0.244. The van der Waals surface area contributed by atoms with Gasteiger partial charge in [-0.1, -0.05) is 0 Å². The molecule has 3 fully saturated rings. The summed E-state index contributed by atoms with van der Waals surface area (Å²) in [5, 5.41) is 0. The molecule has 3 aliphatic rings. The van der Waals surface area contributed by atoms with Gasteiger partial charge in [-0.25, -0.2) is 8.78 Å². The molecule has 3 aliphatic heterocycles. The van der Waals surface area contributed by atoms with Crippen molar-refractivity contribution in [3.63, 3.8) is 0 Å². The zero-order valence-corrected chi connectivity index (χ0v) is 14.0. The van der Waals surface area contributed by atoms with Gasteiger partial charge in [0.2, 0.25) is 12.6 Å². The Hall–Kier alpha value is -0.540. The Morgan fingerprint density at radius 2 is 1.00 bits per heavy atom. The van der Waals surface area contributed by atoms with Crippen molar-refractivity contribution in [2.45, 2.75) is 75.2 Å². The minimum absolute atomic E-state index is 0.213. The highest BCUT2D eigenvalue weighted by molar-refractivity contribution is 4.97. The van der Waals surface area contributed by atoms with Crippen molar-refractivity contribution >= 4 is 0 Å². The molecule has 3 heterocycles. The van der Waals surface area contributed by atoms with E-state index in [4.69, 9.17) is 4.74 Å². The lowest BCUT2D eigenvalue weighted by Crippen LogP contribution is -2.53. The van der Waals surface area contributed by atoms with Gasteiger partial charge >= 0.3 is 11.8 Å². The second-order valence-corrected chi connectivity index (χ2v) is 7.20. The van der Waals surface area contributed by atoms with Crippen LogP contribution in [0.15, 0.2) is 0 Å². The normalized spacial score (nSPS) is 32.4. The number of hydrogen-bond donors (Lipinski definition) is 0. The molecular weight excluding hydrogens is 350 g/mol. The zero-order chi connectivity index (χ0) is 18.2. The molecule has 0 N–H and O–H groups in total. The highest BCUT2D eigenvalue weighted by atomic mass is 19.3. The van der Waals surface area contributed by atoms with Gasteiger partial charge in [-0.2, -0.15) is 17.6 Å². The van der Waals surface area contributed by atoms with Crippen LogP contribution >= 0.6 is 0 Å². The summed E-state index contributed by atoms with van der Waals surface area (Å²) >= 11 is 0. The fraction of sp³-hybridized carbons (Fsp3) is 1.00. The predicted octanol–water partition coefficient (Wildman–Crippen LogP) is 3.59. The lowest BCUT2D eigenvalue weighted by atomic mass is 10.0. The molecule has 3 saturated heterocycles. The van der Waals surface area contributed by atoms with Gasteiger partial charge in [0.1, 0.15) is 12.2 Å². The van der Waals surface area contributed by atoms with Gasteiger partial charge in [0.15, 0.2) is 0 Å². The molecule has 9 heteroatoms. The van der Waals surface area contributed by atoms with Crippen LogP contribution in [0.2, 0.25) is 0 Å². The number of hydrogen-bond acceptors (Lipinski definition) is 3. The van der Waals surface area contributed by atoms with E-state index in [1.807, 2.05) is 0 Å². The summed E-state index contributed by atoms with van der Waals surface area (Å²) < 4.78 is 90.6. The van der Waals surface area contributed by atoms with Gasteiger partial charge in [0.05, 0.1) is 0 Å². The number of alkyl halides is 6. The topological polar surface area (TPSA) is 15.7 Å². The summed E-state index contributed by atoms with van der Waals surface area (Å²) in [5.74, 6) is -7.79. The van der Waals surface area contributed by atoms with Crippen LogP contribution in [-0.4, -0.2) is 72.6 Å². The van der Waals surface area contributed by atoms with Gasteiger partial charge < -0.3 is 4.74 Å². The van der Waals surface area contributed by atoms with Crippen LogP contribution in [0.4, 0.5) is 26.3 Å². The summed E-state index contributed by atoms with van der Waals surface area (Å²) in [6.07, 6.45) is -7.34. The smallest absolute Gasteiger partial charge is 0.317 e. The van der Waals surface area contributed by atoms with Crippen LogP contribution in [0.1, 0.15) is 38.5 Å². The molecule has 0 aliphatic carbocycles. The van der Waals surface area contributed by atoms with E-state index in [0.29, 0.717) is 25.7 Å². The Labute approximate surface area is 143 Å². The van der Waals surface area contributed by atoms with Crippen molar-refractivity contribution in [3.8, 4) is 0 Å². The fourth-order valence-corrected chi connectivity index (χ4v) is 3.93. The molecule has 0 aromatic carbocycles. The largest absolute Gasteiger partial charge is 0.362 e. The first-order valence-electron chi connectivity index (χ1n) is 8.92. The third kappa shape index (κ3) is 3.64. The SMILES string of the molecule is FC(N1CCCC1)C(F)(F)C1CCC(C(F)(F)C(F)N2CCCC2)O1. The standard InChI is InChI=1S/C16H24F6N2O/c17-13(23-7-1-2-8-23)15(19,20)11-5-6-12(25-11)16(21,22)14(18)24-9-3-4-10-24/h11-14H,1-10H2. The van der Waals surface area contributed by atoms with Crippen molar-refractivity contribution in [1.29, 1.82) is 0 Å². The number of ether oxygens (including phenoxy) is 1. The molecule has 25 heavy (non-hydrogen) atoms. The van der Waals surface area contributed by atoms with E-state index in [0.717, 1.165) is 9.80 Å². The van der Waals surface area contributed by atoms with E-state index in [1.54, 1.807) is 0 Å². The Balaban J connectivity index is 1.63. The minimum atomic E-state index is -3.89. The van der Waals surface area contributed by atoms with Crippen LogP contribution in [-0.2, 0) is 4.74 Å². The molecule has 0 aromatic rings. The molecule has 146 valence electrons. The van der Waals surface area contributed by atoms with Crippen molar-refractivity contribution < 1.29 is 31.1 Å². The molecule has 0 bridgehead atoms. The molecule has 3 rings (SSSR count). The molecule has 0 aromatic heterocycles. The Morgan fingerprint density at radius 3 is 1.32 bits per heavy atom. The summed E-state index contributed by atoms with van der Waals surface area (Å²) in [7, 11) is 0. The highest BCUT2D eigenvalue weighted by Crippen LogP contribution is 2.43. The van der Waals surface area contributed by atoms with E-state index in [1.165, 1.54) is 0 Å². The molecule has 0 amide bonds. The van der Waals surface area contributed by atoms with E-state index in [2.05, 4.69) is 0 Å². The van der Waals surface area contributed by atoms with Crippen molar-refractivity contribution in [2.24, 2.45) is 0 Å². The maximum absolute atomic E-state index is 14.3. The van der Waals surface area contributed by atoms with Gasteiger partial charge in [-0.15, -0.1) is 0 Å². The van der Waals surface area contributed by atoms with Crippen molar-refractivity contribution in [3.05, 3.63) is 0 Å². The number of halogens is 6. The third-order valence-corrected chi connectivity index (χ3v) is 5.44. The van der Waals surface area contributed by atoms with E-state index < -0.39 is 49.5 Å². The van der Waals surface area contributed by atoms with Gasteiger partial charge in [-0.05, 0) is 38.5 Å². The molecule has 4 unspecified atom stereocenters. The predicted molar refractivity (Wildman–Crippen MR) is 79.2 cm³/mol. The van der Waals surface area contributed by atoms with Crippen LogP contribution in [0.3, 0.4) is 0 Å². The molecular formula is C16H24F6N2O. The zero-order valence-electron chi connectivity index (χ0n) is 14.0. The summed E-state index contributed by atoms with van der Waals surface area (Å²) in [6.45, 7) is 0.852. The lowest BCUT2D eigenvalue weighted by Gasteiger charge is -2.34. The number of nitrogens with zero attached hydrogens (tertiary/aromatic N) is 2. The molecule has 4 atom stereocenters. The van der Waals surface area contributed by atoms with E-state index in [-0.39, 0.29) is 26.2 Å². The first kappa shape index (κ1) is 19.2. The minimum Gasteiger partial charge on any atom is -0.362 e. The van der Waals surface area contributed by atoms with E-state index >= 15 is 0 Å². The van der Waals surface area contributed by atoms with Crippen LogP contribution in [0, 0.1) is 0 Å². The Kier molecular flexibility index (Phi) is 5.56. The van der Waals surface area contributed by atoms with Crippen LogP contribution in [0.25, 0.3) is 0 Å². The molecule has 0 spiro atoms. The number of rotatable bonds is 6. The first-order valence-corrected chi connectivity index (χ1v) is 8.92. The second-order valence-electron chi connectivity index (χ2n) is 7.20. The van der Waals surface area contributed by atoms with Crippen LogP contribution < -0.4 is 0 Å². The monoisotopic (exact) mass is 374 g/mol.